The van der Waals surface area contributed by atoms with Gasteiger partial charge in [-0.15, -0.1) is 0 Å². The largest absolute Gasteiger partial charge is 0.379 e. The molecule has 33 heavy (non-hydrogen) atoms. The molecule has 0 amide bonds. The molecule has 0 atom stereocenters. The van der Waals surface area contributed by atoms with Crippen LogP contribution in [0.5, 0.6) is 0 Å². The summed E-state index contributed by atoms with van der Waals surface area (Å²) in [6, 6.07) is 14.7. The lowest BCUT2D eigenvalue weighted by Crippen LogP contribution is -2.11. The molecule has 2 aromatic carbocycles. The smallest absolute Gasteiger partial charge is 0.264 e. The van der Waals surface area contributed by atoms with Crippen molar-refractivity contribution in [1.29, 1.82) is 0 Å². The number of sulfone groups is 1. The van der Waals surface area contributed by atoms with Crippen LogP contribution in [0, 0.1) is 12.7 Å². The number of ether oxygens (including phenoxy) is 1. The number of hydrogen-bond donors (Lipinski definition) is 0. The highest BCUT2D eigenvalue weighted by Gasteiger charge is 2.16. The molecule has 3 rings (SSSR count). The second-order valence-corrected chi connectivity index (χ2v) is 11.3. The summed E-state index contributed by atoms with van der Waals surface area (Å²) in [5, 5.41) is 0. The molecule has 0 saturated carbocycles. The van der Waals surface area contributed by atoms with Gasteiger partial charge in [0, 0.05) is 17.6 Å². The zero-order chi connectivity index (χ0) is 24.2. The third-order valence-electron chi connectivity index (χ3n) is 5.04. The van der Waals surface area contributed by atoms with Crippen LogP contribution in [-0.4, -0.2) is 53.7 Å². The average Bonchev–Trinajstić information content (AvgIpc) is 3.05. The summed E-state index contributed by atoms with van der Waals surface area (Å²) in [6.45, 7) is 2.34. The van der Waals surface area contributed by atoms with Crippen molar-refractivity contribution >= 4 is 20.0 Å². The first-order chi connectivity index (χ1) is 15.5. The van der Waals surface area contributed by atoms with Crippen LogP contribution in [0.1, 0.15) is 11.3 Å². The minimum atomic E-state index is -3.50. The Hall–Kier alpha value is -2.53. The first-order valence-corrected chi connectivity index (χ1v) is 13.9. The lowest BCUT2D eigenvalue weighted by atomic mass is 10.1. The fraction of sp³-hybridized carbons (Fsp3) is 0.304. The molecule has 0 spiro atoms. The second-order valence-electron chi connectivity index (χ2n) is 7.64. The van der Waals surface area contributed by atoms with Crippen molar-refractivity contribution in [3.8, 4) is 16.9 Å². The maximum absolute atomic E-state index is 14.0. The summed E-state index contributed by atoms with van der Waals surface area (Å²) in [5.41, 5.74) is 4.06. The highest BCUT2D eigenvalue weighted by atomic mass is 32.2. The molecule has 0 saturated heterocycles. The Labute approximate surface area is 193 Å². The Morgan fingerprint density at radius 3 is 2.21 bits per heavy atom. The van der Waals surface area contributed by atoms with E-state index < -0.39 is 20.0 Å². The molecule has 1 heterocycles. The maximum Gasteiger partial charge on any atom is 0.264 e. The quantitative estimate of drug-likeness (QED) is 0.316. The lowest BCUT2D eigenvalue weighted by molar-refractivity contribution is 0.105. The number of benzene rings is 2. The van der Waals surface area contributed by atoms with Gasteiger partial charge in [0.05, 0.1) is 36.7 Å². The molecule has 3 aromatic rings. The van der Waals surface area contributed by atoms with E-state index >= 15 is 0 Å². The number of hydrogen-bond acceptors (Lipinski definition) is 6. The van der Waals surface area contributed by atoms with Gasteiger partial charge in [0.15, 0.2) is 9.84 Å². The molecule has 7 nitrogen and oxygen atoms in total. The van der Waals surface area contributed by atoms with E-state index in [1.165, 1.54) is 12.1 Å². The van der Waals surface area contributed by atoms with E-state index in [4.69, 9.17) is 4.74 Å². The van der Waals surface area contributed by atoms with Gasteiger partial charge in [-0.1, -0.05) is 18.2 Å². The third-order valence-corrected chi connectivity index (χ3v) is 6.76. The molecule has 1 aromatic heterocycles. The monoisotopic (exact) mass is 495 g/mol. The average molecular weight is 496 g/mol. The minimum absolute atomic E-state index is 0.0555. The van der Waals surface area contributed by atoms with Crippen molar-refractivity contribution in [2.24, 2.45) is 0 Å². The van der Waals surface area contributed by atoms with E-state index in [0.717, 1.165) is 35.0 Å². The van der Waals surface area contributed by atoms with Crippen molar-refractivity contribution < 1.29 is 30.1 Å². The van der Waals surface area contributed by atoms with E-state index in [1.807, 2.05) is 17.6 Å². The Balaban J connectivity index is 1.88. The molecule has 0 radical (unpaired) electrons. The SMILES string of the molecule is Cc1c(CCOCCOS(C)(=O)=O)cc(-c2ccc(S(C)(=O)=O)cc2)n1-c1cccc(F)c1. The Kier molecular flexibility index (Phi) is 7.73. The Morgan fingerprint density at radius 2 is 1.61 bits per heavy atom. The van der Waals surface area contributed by atoms with Crippen LogP contribution < -0.4 is 0 Å². The van der Waals surface area contributed by atoms with Crippen molar-refractivity contribution in [3.63, 3.8) is 0 Å². The van der Waals surface area contributed by atoms with Gasteiger partial charge in [-0.25, -0.2) is 12.8 Å². The van der Waals surface area contributed by atoms with Gasteiger partial charge in [0.25, 0.3) is 10.1 Å². The molecule has 10 heteroatoms. The van der Waals surface area contributed by atoms with E-state index in [1.54, 1.807) is 36.4 Å². The molecule has 0 N–H and O–H groups in total. The first kappa shape index (κ1) is 25.1. The van der Waals surface area contributed by atoms with Gasteiger partial charge in [0.2, 0.25) is 0 Å². The van der Waals surface area contributed by atoms with Crippen molar-refractivity contribution in [1.82, 2.24) is 4.57 Å². The minimum Gasteiger partial charge on any atom is -0.379 e. The maximum atomic E-state index is 14.0. The van der Waals surface area contributed by atoms with Gasteiger partial charge >= 0.3 is 0 Å². The molecule has 0 fully saturated rings. The van der Waals surface area contributed by atoms with E-state index in [9.17, 15) is 21.2 Å². The summed E-state index contributed by atoms with van der Waals surface area (Å²) in [4.78, 5) is 0.219. The van der Waals surface area contributed by atoms with Crippen LogP contribution in [0.15, 0.2) is 59.5 Å². The van der Waals surface area contributed by atoms with Gasteiger partial charge < -0.3 is 9.30 Å². The number of nitrogens with zero attached hydrogens (tertiary/aromatic N) is 1. The molecule has 0 aliphatic rings. The fourth-order valence-electron chi connectivity index (χ4n) is 3.47. The number of halogens is 1. The van der Waals surface area contributed by atoms with Gasteiger partial charge in [-0.3, -0.25) is 4.18 Å². The predicted octanol–water partition coefficient (Wildman–Crippen LogP) is 3.53. The predicted molar refractivity (Wildman–Crippen MR) is 124 cm³/mol. The zero-order valence-corrected chi connectivity index (χ0v) is 20.2. The van der Waals surface area contributed by atoms with Crippen LogP contribution in [0.25, 0.3) is 16.9 Å². The molecule has 0 bridgehead atoms. The van der Waals surface area contributed by atoms with Crippen molar-refractivity contribution in [3.05, 3.63) is 71.7 Å². The zero-order valence-electron chi connectivity index (χ0n) is 18.6. The van der Waals surface area contributed by atoms with Gasteiger partial charge in [-0.2, -0.15) is 8.42 Å². The molecule has 0 aliphatic carbocycles. The highest BCUT2D eigenvalue weighted by molar-refractivity contribution is 7.90. The highest BCUT2D eigenvalue weighted by Crippen LogP contribution is 2.31. The Bertz CT molecular complexity index is 1330. The molecular weight excluding hydrogens is 469 g/mol. The normalized spacial score (nSPS) is 12.2. The topological polar surface area (TPSA) is 91.7 Å². The van der Waals surface area contributed by atoms with Crippen LogP contribution >= 0.6 is 0 Å². The van der Waals surface area contributed by atoms with Crippen LogP contribution in [0.3, 0.4) is 0 Å². The standard InChI is InChI=1S/C23H26FNO6S2/c1-17-19(11-12-30-13-14-31-33(3,28)29)15-23(25(17)21-6-4-5-20(24)16-21)18-7-9-22(10-8-18)32(2,26)27/h4-10,15-16H,11-14H2,1-3H3. The van der Waals surface area contributed by atoms with E-state index in [0.29, 0.717) is 18.7 Å². The van der Waals surface area contributed by atoms with Crippen LogP contribution in [0.4, 0.5) is 4.39 Å². The molecular formula is C23H26FNO6S2. The van der Waals surface area contributed by atoms with E-state index in [-0.39, 0.29) is 23.9 Å². The molecule has 178 valence electrons. The Morgan fingerprint density at radius 1 is 0.909 bits per heavy atom. The second kappa shape index (κ2) is 10.2. The van der Waals surface area contributed by atoms with Crippen LogP contribution in [-0.2, 0) is 35.3 Å². The summed E-state index contributed by atoms with van der Waals surface area (Å²) in [7, 11) is -6.82. The third kappa shape index (κ3) is 6.73. The van der Waals surface area contributed by atoms with Crippen molar-refractivity contribution in [2.75, 3.05) is 32.3 Å². The fourth-order valence-corrected chi connectivity index (χ4v) is 4.47. The van der Waals surface area contributed by atoms with Gasteiger partial charge in [-0.05, 0) is 60.9 Å². The lowest BCUT2D eigenvalue weighted by Gasteiger charge is -2.13. The van der Waals surface area contributed by atoms with Crippen LogP contribution in [0.2, 0.25) is 0 Å². The molecule has 0 aliphatic heterocycles. The summed E-state index contributed by atoms with van der Waals surface area (Å²) in [5.74, 6) is -0.366. The number of rotatable bonds is 10. The van der Waals surface area contributed by atoms with Gasteiger partial charge in [0.1, 0.15) is 5.82 Å². The van der Waals surface area contributed by atoms with Crippen molar-refractivity contribution in [2.45, 2.75) is 18.2 Å². The summed E-state index contributed by atoms with van der Waals surface area (Å²) in [6.07, 6.45) is 2.68. The molecule has 0 unspecified atom stereocenters. The summed E-state index contributed by atoms with van der Waals surface area (Å²) < 4.78 is 71.6. The first-order valence-electron chi connectivity index (χ1n) is 10.2. The number of aromatic nitrogens is 1. The summed E-state index contributed by atoms with van der Waals surface area (Å²) >= 11 is 0. The van der Waals surface area contributed by atoms with E-state index in [2.05, 4.69) is 4.18 Å².